The number of rotatable bonds is 6. The average Bonchev–Trinajstić information content (AvgIpc) is 3.17. The smallest absolute Gasteiger partial charge is 0.264 e. The van der Waals surface area contributed by atoms with Crippen LogP contribution in [0.5, 0.6) is 0 Å². The molecule has 0 atom stereocenters. The molecule has 0 radical (unpaired) electrons. The first-order chi connectivity index (χ1) is 13.4. The van der Waals surface area contributed by atoms with Crippen molar-refractivity contribution in [3.05, 3.63) is 52.5 Å². The van der Waals surface area contributed by atoms with Crippen LogP contribution < -0.4 is 4.72 Å². The van der Waals surface area contributed by atoms with E-state index in [4.69, 9.17) is 4.42 Å². The molecule has 1 aromatic carbocycles. The first kappa shape index (κ1) is 18.9. The van der Waals surface area contributed by atoms with E-state index in [1.54, 1.807) is 13.8 Å². The number of hydrogen-bond acceptors (Lipinski definition) is 5. The van der Waals surface area contributed by atoms with Crippen LogP contribution in [0.3, 0.4) is 0 Å². The molecular weight excluding hydrogens is 376 g/mol. The molecule has 0 aliphatic heterocycles. The zero-order valence-electron chi connectivity index (χ0n) is 16.2. The Morgan fingerprint density at radius 3 is 2.61 bits per heavy atom. The van der Waals surface area contributed by atoms with Gasteiger partial charge in [0.2, 0.25) is 15.9 Å². The molecule has 8 heteroatoms. The number of H-pyrrole nitrogens is 1. The van der Waals surface area contributed by atoms with E-state index < -0.39 is 10.0 Å². The monoisotopic (exact) mass is 400 g/mol. The fraction of sp³-hybridized carbons (Fsp3) is 0.400. The van der Waals surface area contributed by atoms with Crippen LogP contribution in [0.2, 0.25) is 0 Å². The zero-order chi connectivity index (χ0) is 19.9. The number of aromatic nitrogens is 3. The van der Waals surface area contributed by atoms with Gasteiger partial charge in [0.1, 0.15) is 10.6 Å². The van der Waals surface area contributed by atoms with Gasteiger partial charge in [0.15, 0.2) is 0 Å². The molecule has 0 saturated heterocycles. The van der Waals surface area contributed by atoms with Crippen LogP contribution in [-0.4, -0.2) is 23.6 Å². The Labute approximate surface area is 164 Å². The first-order valence-corrected chi connectivity index (χ1v) is 10.9. The molecule has 28 heavy (non-hydrogen) atoms. The van der Waals surface area contributed by atoms with Crippen molar-refractivity contribution >= 4 is 10.0 Å². The Balaban J connectivity index is 1.61. The van der Waals surface area contributed by atoms with Crippen LogP contribution in [-0.2, 0) is 16.6 Å². The van der Waals surface area contributed by atoms with Crippen molar-refractivity contribution in [3.8, 4) is 11.6 Å². The van der Waals surface area contributed by atoms with Crippen molar-refractivity contribution in [1.82, 2.24) is 19.9 Å². The van der Waals surface area contributed by atoms with Crippen LogP contribution in [0.4, 0.5) is 0 Å². The predicted molar refractivity (Wildman–Crippen MR) is 105 cm³/mol. The van der Waals surface area contributed by atoms with Crippen molar-refractivity contribution in [2.75, 3.05) is 0 Å². The molecule has 148 valence electrons. The maximum atomic E-state index is 13.0. The Hall–Kier alpha value is -2.45. The van der Waals surface area contributed by atoms with Gasteiger partial charge in [0, 0.05) is 18.2 Å². The third kappa shape index (κ3) is 3.38. The van der Waals surface area contributed by atoms with Gasteiger partial charge in [-0.1, -0.05) is 30.7 Å². The van der Waals surface area contributed by atoms with E-state index in [2.05, 4.69) is 19.9 Å². The van der Waals surface area contributed by atoms with E-state index in [-0.39, 0.29) is 11.4 Å². The second-order valence-electron chi connectivity index (χ2n) is 7.40. The highest BCUT2D eigenvalue weighted by Gasteiger charge is 2.29. The van der Waals surface area contributed by atoms with Gasteiger partial charge in [-0.15, -0.1) is 10.2 Å². The lowest BCUT2D eigenvalue weighted by Gasteiger charge is -2.20. The standard InChI is InChI=1S/C20H24N4O3S/c1-12-7-4-5-8-16(12)11-21-28(25,26)18-13(2)17(22-14(18)3)20-24-23-19(27-20)15-9-6-10-15/h4-5,7-8,15,21-22H,6,9-11H2,1-3H3. The fourth-order valence-electron chi connectivity index (χ4n) is 3.56. The maximum Gasteiger partial charge on any atom is 0.264 e. The maximum absolute atomic E-state index is 13.0. The van der Waals surface area contributed by atoms with E-state index in [0.717, 1.165) is 24.0 Å². The molecule has 2 N–H and O–H groups in total. The van der Waals surface area contributed by atoms with Gasteiger partial charge in [0.05, 0.1) is 0 Å². The topological polar surface area (TPSA) is 101 Å². The lowest BCUT2D eigenvalue weighted by atomic mass is 9.85. The molecule has 2 heterocycles. The summed E-state index contributed by atoms with van der Waals surface area (Å²) in [4.78, 5) is 3.35. The summed E-state index contributed by atoms with van der Waals surface area (Å²) in [5, 5.41) is 8.27. The lowest BCUT2D eigenvalue weighted by Crippen LogP contribution is -2.24. The van der Waals surface area contributed by atoms with Crippen LogP contribution in [0.1, 0.15) is 53.5 Å². The molecule has 3 aromatic rings. The molecule has 0 unspecified atom stereocenters. The van der Waals surface area contributed by atoms with Gasteiger partial charge in [-0.25, -0.2) is 13.1 Å². The summed E-state index contributed by atoms with van der Waals surface area (Å²) in [6.45, 7) is 5.70. The van der Waals surface area contributed by atoms with Crippen molar-refractivity contribution in [1.29, 1.82) is 0 Å². The normalized spacial score (nSPS) is 15.0. The Morgan fingerprint density at radius 1 is 1.18 bits per heavy atom. The molecule has 2 aromatic heterocycles. The highest BCUT2D eigenvalue weighted by atomic mass is 32.2. The molecule has 1 aliphatic carbocycles. The summed E-state index contributed by atoms with van der Waals surface area (Å²) in [6.07, 6.45) is 3.30. The second kappa shape index (κ2) is 7.18. The van der Waals surface area contributed by atoms with Crippen LogP contribution in [0.25, 0.3) is 11.6 Å². The minimum atomic E-state index is -3.70. The van der Waals surface area contributed by atoms with Gasteiger partial charge in [-0.2, -0.15) is 0 Å². The van der Waals surface area contributed by atoms with Gasteiger partial charge in [0.25, 0.3) is 5.89 Å². The lowest BCUT2D eigenvalue weighted by molar-refractivity contribution is 0.338. The Morgan fingerprint density at radius 2 is 1.93 bits per heavy atom. The SMILES string of the molecule is Cc1ccccc1CNS(=O)(=O)c1c(C)[nH]c(-c2nnc(C3CCC3)o2)c1C. The van der Waals surface area contributed by atoms with Gasteiger partial charge in [-0.3, -0.25) is 0 Å². The Kier molecular flexibility index (Phi) is 4.84. The first-order valence-electron chi connectivity index (χ1n) is 9.44. The third-order valence-electron chi connectivity index (χ3n) is 5.46. The minimum absolute atomic E-state index is 0.236. The number of nitrogens with one attached hydrogen (secondary N) is 2. The summed E-state index contributed by atoms with van der Waals surface area (Å²) in [5.74, 6) is 1.30. The van der Waals surface area contributed by atoms with Crippen LogP contribution in [0.15, 0.2) is 33.6 Å². The Bertz CT molecular complexity index is 1110. The predicted octanol–water partition coefficient (Wildman–Crippen LogP) is 3.74. The number of benzene rings is 1. The van der Waals surface area contributed by atoms with E-state index >= 15 is 0 Å². The van der Waals surface area contributed by atoms with Gasteiger partial charge in [-0.05, 0) is 50.3 Å². The molecular formula is C20H24N4O3S. The summed E-state index contributed by atoms with van der Waals surface area (Å²) < 4.78 is 34.5. The summed E-state index contributed by atoms with van der Waals surface area (Å²) in [7, 11) is -3.70. The number of hydrogen-bond donors (Lipinski definition) is 2. The number of aromatic amines is 1. The minimum Gasteiger partial charge on any atom is -0.419 e. The quantitative estimate of drug-likeness (QED) is 0.656. The van der Waals surface area contributed by atoms with Crippen LogP contribution in [0, 0.1) is 20.8 Å². The number of sulfonamides is 1. The van der Waals surface area contributed by atoms with Crippen molar-refractivity contribution in [2.24, 2.45) is 0 Å². The molecule has 1 fully saturated rings. The van der Waals surface area contributed by atoms with E-state index in [0.29, 0.717) is 34.7 Å². The van der Waals surface area contributed by atoms with Gasteiger partial charge >= 0.3 is 0 Å². The average molecular weight is 401 g/mol. The van der Waals surface area contributed by atoms with Crippen LogP contribution >= 0.6 is 0 Å². The molecule has 7 nitrogen and oxygen atoms in total. The highest BCUT2D eigenvalue weighted by molar-refractivity contribution is 7.89. The number of aryl methyl sites for hydroxylation is 2. The molecule has 0 bridgehead atoms. The summed E-state index contributed by atoms with van der Waals surface area (Å²) in [6, 6.07) is 7.71. The summed E-state index contributed by atoms with van der Waals surface area (Å²) >= 11 is 0. The van der Waals surface area contributed by atoms with E-state index in [9.17, 15) is 8.42 Å². The molecule has 1 saturated carbocycles. The second-order valence-corrected chi connectivity index (χ2v) is 9.11. The zero-order valence-corrected chi connectivity index (χ0v) is 17.1. The molecule has 4 rings (SSSR count). The van der Waals surface area contributed by atoms with E-state index in [1.165, 1.54) is 6.42 Å². The van der Waals surface area contributed by atoms with Crippen molar-refractivity contribution in [2.45, 2.75) is 57.4 Å². The number of nitrogens with zero attached hydrogens (tertiary/aromatic N) is 2. The highest BCUT2D eigenvalue weighted by Crippen LogP contribution is 2.37. The molecule has 1 aliphatic rings. The van der Waals surface area contributed by atoms with Crippen molar-refractivity contribution < 1.29 is 12.8 Å². The molecule has 0 spiro atoms. The molecule has 0 amide bonds. The fourth-order valence-corrected chi connectivity index (χ4v) is 5.01. The third-order valence-corrected chi connectivity index (χ3v) is 7.13. The summed E-state index contributed by atoms with van der Waals surface area (Å²) in [5.41, 5.74) is 3.68. The van der Waals surface area contributed by atoms with Crippen molar-refractivity contribution in [3.63, 3.8) is 0 Å². The van der Waals surface area contributed by atoms with E-state index in [1.807, 2.05) is 31.2 Å². The largest absolute Gasteiger partial charge is 0.419 e. The van der Waals surface area contributed by atoms with Gasteiger partial charge < -0.3 is 9.40 Å².